The summed E-state index contributed by atoms with van der Waals surface area (Å²) >= 11 is 5.86. The molecule has 0 fully saturated rings. The number of nitrogens with one attached hydrogen (secondary N) is 1. The summed E-state index contributed by atoms with van der Waals surface area (Å²) in [5.74, 6) is -0.852. The zero-order valence-electron chi connectivity index (χ0n) is 14.5. The molecule has 0 atom stereocenters. The molecule has 0 aliphatic carbocycles. The number of aromatic nitrogens is 2. The number of anilines is 1. The fourth-order valence-electron chi connectivity index (χ4n) is 2.95. The van der Waals surface area contributed by atoms with Gasteiger partial charge in [-0.2, -0.15) is 0 Å². The van der Waals surface area contributed by atoms with Gasteiger partial charge in [0.2, 0.25) is 5.91 Å². The molecule has 0 radical (unpaired) electrons. The molecule has 0 aliphatic heterocycles. The standard InChI is InChI=1S/C21H14ClF2N3O/c22-15-5-1-13(2-6-15)11-19(28)26-21-20(14-3-7-16(23)8-4-14)27-12-17(24)9-10-18(27)25-21/h1-10,12H,11H2,(H,26,28). The summed E-state index contributed by atoms with van der Waals surface area (Å²) < 4.78 is 28.6. The molecule has 140 valence electrons. The van der Waals surface area contributed by atoms with E-state index in [4.69, 9.17) is 11.6 Å². The van der Waals surface area contributed by atoms with Crippen LogP contribution in [0.4, 0.5) is 14.6 Å². The first-order valence-corrected chi connectivity index (χ1v) is 8.85. The van der Waals surface area contributed by atoms with Crippen LogP contribution in [0.1, 0.15) is 5.56 Å². The molecule has 7 heteroatoms. The third-order valence-electron chi connectivity index (χ3n) is 4.24. The lowest BCUT2D eigenvalue weighted by molar-refractivity contribution is -0.115. The van der Waals surface area contributed by atoms with Crippen LogP contribution in [0.3, 0.4) is 0 Å². The second-order valence-electron chi connectivity index (χ2n) is 6.24. The number of halogens is 3. The Morgan fingerprint density at radius 3 is 2.36 bits per heavy atom. The second-order valence-corrected chi connectivity index (χ2v) is 6.68. The van der Waals surface area contributed by atoms with E-state index < -0.39 is 11.6 Å². The summed E-state index contributed by atoms with van der Waals surface area (Å²) in [7, 11) is 0. The first-order valence-electron chi connectivity index (χ1n) is 8.47. The first kappa shape index (κ1) is 18.1. The molecule has 2 aromatic carbocycles. The Morgan fingerprint density at radius 1 is 0.964 bits per heavy atom. The molecule has 4 aromatic rings. The number of nitrogens with zero attached hydrogens (tertiary/aromatic N) is 2. The van der Waals surface area contributed by atoms with E-state index in [1.54, 1.807) is 36.4 Å². The third kappa shape index (κ3) is 3.73. The van der Waals surface area contributed by atoms with Crippen molar-refractivity contribution in [3.8, 4) is 11.3 Å². The Balaban J connectivity index is 1.71. The van der Waals surface area contributed by atoms with Crippen molar-refractivity contribution >= 4 is 29.0 Å². The highest BCUT2D eigenvalue weighted by Gasteiger charge is 2.17. The molecule has 0 aliphatic rings. The number of rotatable bonds is 4. The molecule has 1 amide bonds. The Labute approximate surface area is 164 Å². The predicted molar refractivity (Wildman–Crippen MR) is 104 cm³/mol. The average Bonchev–Trinajstić information content (AvgIpc) is 3.01. The highest BCUT2D eigenvalue weighted by Crippen LogP contribution is 2.29. The predicted octanol–water partition coefficient (Wildman–Crippen LogP) is 5.11. The highest BCUT2D eigenvalue weighted by molar-refractivity contribution is 6.30. The molecular weight excluding hydrogens is 384 g/mol. The Bertz CT molecular complexity index is 1150. The first-order chi connectivity index (χ1) is 13.5. The summed E-state index contributed by atoms with van der Waals surface area (Å²) in [5.41, 5.74) is 2.32. The van der Waals surface area contributed by atoms with E-state index in [9.17, 15) is 13.6 Å². The number of carbonyl (C=O) groups excluding carboxylic acids is 1. The van der Waals surface area contributed by atoms with Crippen LogP contribution in [0.5, 0.6) is 0 Å². The molecule has 0 spiro atoms. The zero-order valence-corrected chi connectivity index (χ0v) is 15.3. The minimum Gasteiger partial charge on any atom is -0.309 e. The monoisotopic (exact) mass is 397 g/mol. The van der Waals surface area contributed by atoms with Gasteiger partial charge in [0.25, 0.3) is 0 Å². The maximum Gasteiger partial charge on any atom is 0.230 e. The minimum atomic E-state index is -0.452. The molecule has 2 heterocycles. The van der Waals surface area contributed by atoms with Crippen LogP contribution >= 0.6 is 11.6 Å². The van der Waals surface area contributed by atoms with Crippen LogP contribution in [0, 0.1) is 11.6 Å². The van der Waals surface area contributed by atoms with Crippen molar-refractivity contribution in [1.82, 2.24) is 9.38 Å². The van der Waals surface area contributed by atoms with Crippen LogP contribution in [0.15, 0.2) is 66.9 Å². The molecule has 0 saturated carbocycles. The van der Waals surface area contributed by atoms with E-state index in [-0.39, 0.29) is 18.1 Å². The van der Waals surface area contributed by atoms with Gasteiger partial charge in [0.15, 0.2) is 5.82 Å². The largest absolute Gasteiger partial charge is 0.309 e. The molecule has 2 aromatic heterocycles. The Kier molecular flexibility index (Phi) is 4.79. The van der Waals surface area contributed by atoms with Gasteiger partial charge in [-0.25, -0.2) is 13.8 Å². The SMILES string of the molecule is O=C(Cc1ccc(Cl)cc1)Nc1nc2ccc(F)cn2c1-c1ccc(F)cc1. The second kappa shape index (κ2) is 7.40. The lowest BCUT2D eigenvalue weighted by Gasteiger charge is -2.07. The Hall–Kier alpha value is -3.25. The van der Waals surface area contributed by atoms with Gasteiger partial charge in [-0.15, -0.1) is 0 Å². The van der Waals surface area contributed by atoms with Crippen LogP contribution in [-0.4, -0.2) is 15.3 Å². The normalized spacial score (nSPS) is 11.0. The number of fused-ring (bicyclic) bond motifs is 1. The number of hydrogen-bond acceptors (Lipinski definition) is 2. The van der Waals surface area contributed by atoms with Gasteiger partial charge >= 0.3 is 0 Å². The zero-order chi connectivity index (χ0) is 19.7. The number of carbonyl (C=O) groups is 1. The summed E-state index contributed by atoms with van der Waals surface area (Å²) in [6.45, 7) is 0. The number of imidazole rings is 1. The van der Waals surface area contributed by atoms with Gasteiger partial charge in [0, 0.05) is 16.8 Å². The summed E-state index contributed by atoms with van der Waals surface area (Å²) in [6, 6.07) is 15.5. The van der Waals surface area contributed by atoms with Gasteiger partial charge in [-0.05, 0) is 54.1 Å². The van der Waals surface area contributed by atoms with E-state index in [0.29, 0.717) is 21.9 Å². The van der Waals surface area contributed by atoms with Crippen molar-refractivity contribution in [2.45, 2.75) is 6.42 Å². The van der Waals surface area contributed by atoms with Crippen LogP contribution in [-0.2, 0) is 11.2 Å². The summed E-state index contributed by atoms with van der Waals surface area (Å²) in [4.78, 5) is 16.9. The topological polar surface area (TPSA) is 46.4 Å². The number of pyridine rings is 1. The van der Waals surface area contributed by atoms with Crippen LogP contribution in [0.25, 0.3) is 16.9 Å². The fourth-order valence-corrected chi connectivity index (χ4v) is 3.08. The van der Waals surface area contributed by atoms with Crippen molar-refractivity contribution in [3.63, 3.8) is 0 Å². The third-order valence-corrected chi connectivity index (χ3v) is 4.49. The van der Waals surface area contributed by atoms with E-state index in [1.807, 2.05) is 0 Å². The number of amides is 1. The van der Waals surface area contributed by atoms with Gasteiger partial charge in [0.05, 0.1) is 12.1 Å². The van der Waals surface area contributed by atoms with Crippen molar-refractivity contribution in [2.75, 3.05) is 5.32 Å². The van der Waals surface area contributed by atoms with E-state index in [1.165, 1.54) is 34.9 Å². The van der Waals surface area contributed by atoms with Crippen molar-refractivity contribution in [3.05, 3.63) is 89.1 Å². The molecule has 28 heavy (non-hydrogen) atoms. The maximum absolute atomic E-state index is 13.8. The highest BCUT2D eigenvalue weighted by atomic mass is 35.5. The number of benzene rings is 2. The average molecular weight is 398 g/mol. The number of hydrogen-bond donors (Lipinski definition) is 1. The van der Waals surface area contributed by atoms with Crippen LogP contribution < -0.4 is 5.32 Å². The molecule has 0 bridgehead atoms. The lowest BCUT2D eigenvalue weighted by atomic mass is 10.1. The van der Waals surface area contributed by atoms with E-state index in [0.717, 1.165) is 5.56 Å². The molecule has 4 rings (SSSR count). The van der Waals surface area contributed by atoms with Crippen LogP contribution in [0.2, 0.25) is 5.02 Å². The van der Waals surface area contributed by atoms with Gasteiger partial charge in [-0.1, -0.05) is 23.7 Å². The van der Waals surface area contributed by atoms with E-state index in [2.05, 4.69) is 10.3 Å². The lowest BCUT2D eigenvalue weighted by Crippen LogP contribution is -2.15. The molecule has 0 saturated heterocycles. The molecule has 4 nitrogen and oxygen atoms in total. The van der Waals surface area contributed by atoms with Crippen molar-refractivity contribution in [1.29, 1.82) is 0 Å². The minimum absolute atomic E-state index is 0.127. The Morgan fingerprint density at radius 2 is 1.64 bits per heavy atom. The summed E-state index contributed by atoms with van der Waals surface area (Å²) in [6.07, 6.45) is 1.40. The van der Waals surface area contributed by atoms with Gasteiger partial charge in [0.1, 0.15) is 17.3 Å². The van der Waals surface area contributed by atoms with E-state index >= 15 is 0 Å². The smallest absolute Gasteiger partial charge is 0.230 e. The maximum atomic E-state index is 13.8. The van der Waals surface area contributed by atoms with Gasteiger partial charge < -0.3 is 5.32 Å². The van der Waals surface area contributed by atoms with Gasteiger partial charge in [-0.3, -0.25) is 9.20 Å². The van der Waals surface area contributed by atoms with Crippen molar-refractivity contribution < 1.29 is 13.6 Å². The quantitative estimate of drug-likeness (QED) is 0.520. The summed E-state index contributed by atoms with van der Waals surface area (Å²) in [5, 5.41) is 3.36. The molecule has 1 N–H and O–H groups in total. The fraction of sp³-hybridized carbons (Fsp3) is 0.0476. The molecule has 0 unspecified atom stereocenters. The van der Waals surface area contributed by atoms with Crippen molar-refractivity contribution in [2.24, 2.45) is 0 Å². The molecular formula is C21H14ClF2N3O.